The molecule has 0 unspecified atom stereocenters. The Hall–Kier alpha value is -2.18. The average Bonchev–Trinajstić information content (AvgIpc) is 2.66. The van der Waals surface area contributed by atoms with E-state index in [0.717, 1.165) is 17.5 Å². The van der Waals surface area contributed by atoms with Crippen LogP contribution in [-0.4, -0.2) is 20.9 Å². The molecule has 0 saturated heterocycles. The van der Waals surface area contributed by atoms with E-state index in [1.807, 2.05) is 44.2 Å². The van der Waals surface area contributed by atoms with Gasteiger partial charge in [0.05, 0.1) is 10.9 Å². The van der Waals surface area contributed by atoms with E-state index in [1.54, 1.807) is 24.3 Å². The molecule has 140 valence electrons. The Morgan fingerprint density at radius 3 is 2.31 bits per heavy atom. The molecule has 0 aromatic heterocycles. The minimum Gasteiger partial charge on any atom is -0.350 e. The van der Waals surface area contributed by atoms with Crippen LogP contribution in [0.5, 0.6) is 0 Å². The van der Waals surface area contributed by atoms with Gasteiger partial charge in [0.2, 0.25) is 15.9 Å². The highest BCUT2D eigenvalue weighted by molar-refractivity contribution is 7.89. The van der Waals surface area contributed by atoms with Gasteiger partial charge in [-0.15, -0.1) is 0 Å². The molecule has 0 aliphatic heterocycles. The fourth-order valence-electron chi connectivity index (χ4n) is 2.55. The molecule has 1 atom stereocenters. The van der Waals surface area contributed by atoms with Gasteiger partial charge < -0.3 is 5.32 Å². The number of carbonyl (C=O) groups excluding carboxylic acids is 1. The van der Waals surface area contributed by atoms with Crippen molar-refractivity contribution in [1.29, 1.82) is 0 Å². The van der Waals surface area contributed by atoms with Gasteiger partial charge in [0.15, 0.2) is 0 Å². The molecular weight excluding hydrogens is 348 g/mol. The monoisotopic (exact) mass is 374 g/mol. The van der Waals surface area contributed by atoms with Crippen LogP contribution in [0.3, 0.4) is 0 Å². The lowest BCUT2D eigenvalue weighted by Gasteiger charge is -2.14. The Balaban J connectivity index is 1.86. The quantitative estimate of drug-likeness (QED) is 0.708. The second kappa shape index (κ2) is 9.50. The molecule has 26 heavy (non-hydrogen) atoms. The number of hydrogen-bond acceptors (Lipinski definition) is 3. The third-order valence-electron chi connectivity index (χ3n) is 4.09. The summed E-state index contributed by atoms with van der Waals surface area (Å²) in [5, 5.41) is 2.98. The van der Waals surface area contributed by atoms with Crippen molar-refractivity contribution in [3.05, 3.63) is 65.7 Å². The van der Waals surface area contributed by atoms with E-state index < -0.39 is 10.0 Å². The number of sulfonamides is 1. The Labute approximate surface area is 155 Å². The van der Waals surface area contributed by atoms with E-state index >= 15 is 0 Å². The van der Waals surface area contributed by atoms with Crippen LogP contribution >= 0.6 is 0 Å². The number of amides is 1. The summed E-state index contributed by atoms with van der Waals surface area (Å²) in [4.78, 5) is 12.4. The Morgan fingerprint density at radius 1 is 1.04 bits per heavy atom. The SMILES string of the molecule is CCCNS(=O)(=O)c1ccc(CCC(=O)N[C@H](C)c2ccccc2)cc1. The van der Waals surface area contributed by atoms with Crippen LogP contribution in [0.1, 0.15) is 43.9 Å². The Morgan fingerprint density at radius 2 is 1.69 bits per heavy atom. The van der Waals surface area contributed by atoms with Crippen LogP contribution in [0.15, 0.2) is 59.5 Å². The van der Waals surface area contributed by atoms with Crippen LogP contribution in [0.25, 0.3) is 0 Å². The van der Waals surface area contributed by atoms with Crippen LogP contribution in [0.4, 0.5) is 0 Å². The lowest BCUT2D eigenvalue weighted by molar-refractivity contribution is -0.121. The maximum atomic E-state index is 12.1. The number of benzene rings is 2. The topological polar surface area (TPSA) is 75.3 Å². The van der Waals surface area contributed by atoms with Crippen molar-refractivity contribution < 1.29 is 13.2 Å². The standard InChI is InChI=1S/C20H26N2O3S/c1-3-15-21-26(24,25)19-12-9-17(10-13-19)11-14-20(23)22-16(2)18-7-5-4-6-8-18/h4-10,12-13,16,21H,3,11,14-15H2,1-2H3,(H,22,23)/t16-/m1/s1. The van der Waals surface area contributed by atoms with Gasteiger partial charge in [-0.1, -0.05) is 49.4 Å². The van der Waals surface area contributed by atoms with E-state index in [1.165, 1.54) is 0 Å². The molecule has 0 aliphatic rings. The molecule has 0 radical (unpaired) electrons. The van der Waals surface area contributed by atoms with Gasteiger partial charge in [-0.25, -0.2) is 13.1 Å². The first kappa shape index (κ1) is 20.1. The minimum atomic E-state index is -3.45. The minimum absolute atomic E-state index is 0.0253. The van der Waals surface area contributed by atoms with Gasteiger partial charge in [-0.3, -0.25) is 4.79 Å². The number of rotatable bonds is 9. The third-order valence-corrected chi connectivity index (χ3v) is 5.57. The van der Waals surface area contributed by atoms with Crippen molar-refractivity contribution in [3.8, 4) is 0 Å². The summed E-state index contributed by atoms with van der Waals surface area (Å²) < 4.78 is 26.6. The first-order chi connectivity index (χ1) is 12.4. The fraction of sp³-hybridized carbons (Fsp3) is 0.350. The highest BCUT2D eigenvalue weighted by atomic mass is 32.2. The molecule has 0 spiro atoms. The van der Waals surface area contributed by atoms with Crippen molar-refractivity contribution in [1.82, 2.24) is 10.0 Å². The summed E-state index contributed by atoms with van der Waals surface area (Å²) in [6.07, 6.45) is 1.67. The van der Waals surface area contributed by atoms with Gasteiger partial charge >= 0.3 is 0 Å². The second-order valence-electron chi connectivity index (χ2n) is 6.24. The van der Waals surface area contributed by atoms with Crippen LogP contribution in [0.2, 0.25) is 0 Å². The maximum absolute atomic E-state index is 12.1. The number of carbonyl (C=O) groups is 1. The Bertz CT molecular complexity index is 803. The van der Waals surface area contributed by atoms with Crippen molar-refractivity contribution >= 4 is 15.9 Å². The van der Waals surface area contributed by atoms with Gasteiger partial charge in [-0.2, -0.15) is 0 Å². The van der Waals surface area contributed by atoms with Crippen LogP contribution < -0.4 is 10.0 Å². The normalized spacial score (nSPS) is 12.5. The average molecular weight is 375 g/mol. The molecule has 0 fully saturated rings. The number of nitrogens with one attached hydrogen (secondary N) is 2. The fourth-order valence-corrected chi connectivity index (χ4v) is 3.69. The summed E-state index contributed by atoms with van der Waals surface area (Å²) in [7, 11) is -3.45. The van der Waals surface area contributed by atoms with E-state index in [-0.39, 0.29) is 16.8 Å². The van der Waals surface area contributed by atoms with Crippen molar-refractivity contribution in [2.45, 2.75) is 44.0 Å². The molecule has 1 amide bonds. The Kier molecular flexibility index (Phi) is 7.36. The molecule has 0 bridgehead atoms. The smallest absolute Gasteiger partial charge is 0.240 e. The van der Waals surface area contributed by atoms with Gasteiger partial charge in [0, 0.05) is 13.0 Å². The molecule has 2 rings (SSSR count). The number of hydrogen-bond donors (Lipinski definition) is 2. The van der Waals surface area contributed by atoms with Gasteiger partial charge in [-0.05, 0) is 43.0 Å². The molecule has 2 aromatic carbocycles. The first-order valence-electron chi connectivity index (χ1n) is 8.85. The lowest BCUT2D eigenvalue weighted by atomic mass is 10.1. The molecule has 0 saturated carbocycles. The first-order valence-corrected chi connectivity index (χ1v) is 10.3. The maximum Gasteiger partial charge on any atom is 0.240 e. The molecule has 0 aliphatic carbocycles. The van der Waals surface area contributed by atoms with Gasteiger partial charge in [0.25, 0.3) is 0 Å². The summed E-state index contributed by atoms with van der Waals surface area (Å²) >= 11 is 0. The molecule has 0 heterocycles. The van der Waals surface area contributed by atoms with E-state index in [4.69, 9.17) is 0 Å². The summed E-state index contributed by atoms with van der Waals surface area (Å²) in [5.41, 5.74) is 2.00. The highest BCUT2D eigenvalue weighted by Crippen LogP contribution is 2.14. The zero-order valence-corrected chi connectivity index (χ0v) is 16.1. The molecule has 2 N–H and O–H groups in total. The van der Waals surface area contributed by atoms with Crippen molar-refractivity contribution in [2.24, 2.45) is 0 Å². The van der Waals surface area contributed by atoms with E-state index in [0.29, 0.717) is 19.4 Å². The molecule has 5 nitrogen and oxygen atoms in total. The zero-order chi connectivity index (χ0) is 19.0. The van der Waals surface area contributed by atoms with Crippen molar-refractivity contribution in [2.75, 3.05) is 6.54 Å². The van der Waals surface area contributed by atoms with E-state index in [2.05, 4.69) is 10.0 Å². The zero-order valence-electron chi connectivity index (χ0n) is 15.2. The van der Waals surface area contributed by atoms with Gasteiger partial charge in [0.1, 0.15) is 0 Å². The number of aryl methyl sites for hydroxylation is 1. The molecule has 2 aromatic rings. The third kappa shape index (κ3) is 5.97. The lowest BCUT2D eigenvalue weighted by Crippen LogP contribution is -2.26. The van der Waals surface area contributed by atoms with Crippen LogP contribution in [-0.2, 0) is 21.2 Å². The van der Waals surface area contributed by atoms with E-state index in [9.17, 15) is 13.2 Å². The van der Waals surface area contributed by atoms with Crippen LogP contribution in [0, 0.1) is 0 Å². The summed E-state index contributed by atoms with van der Waals surface area (Å²) in [5.74, 6) is -0.0253. The predicted octanol–water partition coefficient (Wildman–Crippen LogP) is 3.18. The second-order valence-corrected chi connectivity index (χ2v) is 8.01. The summed E-state index contributed by atoms with van der Waals surface area (Å²) in [6, 6.07) is 16.4. The largest absolute Gasteiger partial charge is 0.350 e. The highest BCUT2D eigenvalue weighted by Gasteiger charge is 2.13. The predicted molar refractivity (Wildman–Crippen MR) is 103 cm³/mol. The molecule has 6 heteroatoms. The summed E-state index contributed by atoms with van der Waals surface area (Å²) in [6.45, 7) is 4.29. The van der Waals surface area contributed by atoms with Crippen molar-refractivity contribution in [3.63, 3.8) is 0 Å². The molecular formula is C20H26N2O3S.